The number of benzene rings is 3. The van der Waals surface area contributed by atoms with Crippen molar-refractivity contribution >= 4 is 33.4 Å². The molecule has 4 rings (SSSR count). The topological polar surface area (TPSA) is 69.7 Å². The minimum atomic E-state index is -3.94. The van der Waals surface area contributed by atoms with Gasteiger partial charge in [0.2, 0.25) is 5.91 Å². The van der Waals surface area contributed by atoms with Gasteiger partial charge in [0.05, 0.1) is 10.6 Å². The van der Waals surface area contributed by atoms with Gasteiger partial charge in [-0.3, -0.25) is 14.0 Å². The van der Waals surface area contributed by atoms with Gasteiger partial charge in [-0.15, -0.1) is 11.8 Å². The SMILES string of the molecule is CSc1ccc(S(=O)(=O)N(CC(=O)NCc2ccccc2CN2CCCCC2)c2ccc(C)cc2)cc1. The van der Waals surface area contributed by atoms with Crippen LogP contribution < -0.4 is 9.62 Å². The number of thioether (sulfide) groups is 1. The van der Waals surface area contributed by atoms with Crippen LogP contribution in [0.4, 0.5) is 5.69 Å². The van der Waals surface area contributed by atoms with Gasteiger partial charge in [-0.2, -0.15) is 0 Å². The number of piperidine rings is 1. The molecule has 1 heterocycles. The largest absolute Gasteiger partial charge is 0.350 e. The molecule has 3 aromatic carbocycles. The maximum atomic E-state index is 13.6. The van der Waals surface area contributed by atoms with Crippen LogP contribution in [0, 0.1) is 6.92 Å². The van der Waals surface area contributed by atoms with E-state index in [0.29, 0.717) is 12.2 Å². The molecule has 0 unspecified atom stereocenters. The molecule has 1 saturated heterocycles. The Balaban J connectivity index is 1.50. The fourth-order valence-corrected chi connectivity index (χ4v) is 6.35. The second kappa shape index (κ2) is 12.6. The van der Waals surface area contributed by atoms with Crippen LogP contribution in [0.25, 0.3) is 0 Å². The molecule has 37 heavy (non-hydrogen) atoms. The predicted molar refractivity (Wildman–Crippen MR) is 151 cm³/mol. The average molecular weight is 538 g/mol. The van der Waals surface area contributed by atoms with E-state index < -0.39 is 10.0 Å². The molecule has 1 amide bonds. The van der Waals surface area contributed by atoms with Crippen molar-refractivity contribution in [2.24, 2.45) is 0 Å². The summed E-state index contributed by atoms with van der Waals surface area (Å²) in [5, 5.41) is 2.96. The monoisotopic (exact) mass is 537 g/mol. The number of likely N-dealkylation sites (tertiary alicyclic amines) is 1. The summed E-state index contributed by atoms with van der Waals surface area (Å²) >= 11 is 1.55. The third-order valence-corrected chi connectivity index (χ3v) is 9.23. The highest BCUT2D eigenvalue weighted by atomic mass is 32.2. The normalized spacial score (nSPS) is 14.3. The van der Waals surface area contributed by atoms with Crippen LogP contribution in [0.2, 0.25) is 0 Å². The molecule has 0 spiro atoms. The predicted octanol–water partition coefficient (Wildman–Crippen LogP) is 5.21. The van der Waals surface area contributed by atoms with Gasteiger partial charge < -0.3 is 5.32 Å². The number of aryl methyl sites for hydroxylation is 1. The minimum Gasteiger partial charge on any atom is -0.350 e. The van der Waals surface area contributed by atoms with Gasteiger partial charge in [0.25, 0.3) is 10.0 Å². The van der Waals surface area contributed by atoms with E-state index in [-0.39, 0.29) is 17.3 Å². The zero-order valence-electron chi connectivity index (χ0n) is 21.5. The van der Waals surface area contributed by atoms with Crippen LogP contribution >= 0.6 is 11.8 Å². The maximum Gasteiger partial charge on any atom is 0.264 e. The first-order valence-corrected chi connectivity index (χ1v) is 15.3. The number of nitrogens with one attached hydrogen (secondary N) is 1. The second-order valence-electron chi connectivity index (χ2n) is 9.41. The van der Waals surface area contributed by atoms with Gasteiger partial charge in [0.15, 0.2) is 0 Å². The molecule has 1 fully saturated rings. The van der Waals surface area contributed by atoms with Crippen LogP contribution in [0.15, 0.2) is 82.6 Å². The van der Waals surface area contributed by atoms with E-state index in [9.17, 15) is 13.2 Å². The fraction of sp³-hybridized carbons (Fsp3) is 0.345. The zero-order valence-corrected chi connectivity index (χ0v) is 23.2. The van der Waals surface area contributed by atoms with Crippen LogP contribution in [0.3, 0.4) is 0 Å². The number of hydrogen-bond acceptors (Lipinski definition) is 5. The van der Waals surface area contributed by atoms with Crippen LogP contribution in [0.5, 0.6) is 0 Å². The van der Waals surface area contributed by atoms with Crippen molar-refractivity contribution in [2.75, 3.05) is 30.2 Å². The summed E-state index contributed by atoms with van der Waals surface area (Å²) in [6.45, 7) is 5.06. The summed E-state index contributed by atoms with van der Waals surface area (Å²) in [6, 6.07) is 22.1. The summed E-state index contributed by atoms with van der Waals surface area (Å²) in [7, 11) is -3.94. The molecular formula is C29H35N3O3S2. The highest BCUT2D eigenvalue weighted by Gasteiger charge is 2.27. The molecule has 3 aromatic rings. The number of hydrogen-bond donors (Lipinski definition) is 1. The summed E-state index contributed by atoms with van der Waals surface area (Å²) in [6.07, 6.45) is 5.68. The zero-order chi connectivity index (χ0) is 26.3. The first-order valence-electron chi connectivity index (χ1n) is 12.7. The van der Waals surface area contributed by atoms with Gasteiger partial charge in [-0.05, 0) is 86.6 Å². The van der Waals surface area contributed by atoms with Crippen molar-refractivity contribution in [1.29, 1.82) is 0 Å². The molecular weight excluding hydrogens is 502 g/mol. The molecule has 0 aliphatic carbocycles. The third kappa shape index (κ3) is 7.15. The van der Waals surface area contributed by atoms with E-state index in [1.165, 1.54) is 29.1 Å². The van der Waals surface area contributed by atoms with E-state index in [4.69, 9.17) is 0 Å². The summed E-state index contributed by atoms with van der Waals surface area (Å²) in [4.78, 5) is 16.7. The molecule has 0 radical (unpaired) electrons. The summed E-state index contributed by atoms with van der Waals surface area (Å²) < 4.78 is 28.5. The number of anilines is 1. The molecule has 1 aliphatic heterocycles. The molecule has 6 nitrogen and oxygen atoms in total. The number of sulfonamides is 1. The highest BCUT2D eigenvalue weighted by molar-refractivity contribution is 7.98. The Morgan fingerprint density at radius 3 is 2.22 bits per heavy atom. The summed E-state index contributed by atoms with van der Waals surface area (Å²) in [5.74, 6) is -0.349. The lowest BCUT2D eigenvalue weighted by Gasteiger charge is -2.27. The Labute approximate surface area is 225 Å². The van der Waals surface area contributed by atoms with E-state index in [1.807, 2.05) is 43.5 Å². The third-order valence-electron chi connectivity index (χ3n) is 6.69. The highest BCUT2D eigenvalue weighted by Crippen LogP contribution is 2.26. The van der Waals surface area contributed by atoms with E-state index in [2.05, 4.69) is 16.3 Å². The first kappa shape index (κ1) is 27.2. The van der Waals surface area contributed by atoms with Gasteiger partial charge in [-0.25, -0.2) is 8.42 Å². The van der Waals surface area contributed by atoms with Crippen molar-refractivity contribution in [2.45, 2.75) is 49.1 Å². The van der Waals surface area contributed by atoms with Crippen molar-refractivity contribution in [1.82, 2.24) is 10.2 Å². The second-order valence-corrected chi connectivity index (χ2v) is 12.1. The molecule has 1 N–H and O–H groups in total. The Morgan fingerprint density at radius 1 is 0.919 bits per heavy atom. The molecule has 0 saturated carbocycles. The number of nitrogens with zero attached hydrogens (tertiary/aromatic N) is 2. The quantitative estimate of drug-likeness (QED) is 0.360. The van der Waals surface area contributed by atoms with Crippen molar-refractivity contribution in [3.05, 3.63) is 89.5 Å². The number of carbonyl (C=O) groups is 1. The van der Waals surface area contributed by atoms with E-state index >= 15 is 0 Å². The van der Waals surface area contributed by atoms with Crippen LogP contribution in [-0.4, -0.2) is 45.1 Å². The van der Waals surface area contributed by atoms with E-state index in [0.717, 1.165) is 35.7 Å². The number of rotatable bonds is 10. The summed E-state index contributed by atoms with van der Waals surface area (Å²) in [5.41, 5.74) is 3.72. The molecule has 196 valence electrons. The van der Waals surface area contributed by atoms with E-state index in [1.54, 1.807) is 48.2 Å². The first-order chi connectivity index (χ1) is 17.9. The fourth-order valence-electron chi connectivity index (χ4n) is 4.52. The molecule has 8 heteroatoms. The van der Waals surface area contributed by atoms with Gasteiger partial charge >= 0.3 is 0 Å². The van der Waals surface area contributed by atoms with Gasteiger partial charge in [-0.1, -0.05) is 48.4 Å². The maximum absolute atomic E-state index is 13.6. The smallest absolute Gasteiger partial charge is 0.264 e. The lowest BCUT2D eigenvalue weighted by atomic mass is 10.0. The van der Waals surface area contributed by atoms with Crippen molar-refractivity contribution in [3.8, 4) is 0 Å². The number of amides is 1. The van der Waals surface area contributed by atoms with Crippen LogP contribution in [0.1, 0.15) is 36.0 Å². The Bertz CT molecular complexity index is 1290. The lowest BCUT2D eigenvalue weighted by molar-refractivity contribution is -0.119. The average Bonchev–Trinajstić information content (AvgIpc) is 2.92. The molecule has 1 aliphatic rings. The van der Waals surface area contributed by atoms with Crippen molar-refractivity contribution < 1.29 is 13.2 Å². The Morgan fingerprint density at radius 2 is 1.57 bits per heavy atom. The standard InChI is InChI=1S/C29H35N3O3S2/c1-23-10-12-26(13-11-23)32(37(34,35)28-16-14-27(36-2)15-17-28)22-29(33)30-20-24-8-4-5-9-25(24)21-31-18-6-3-7-19-31/h4-5,8-17H,3,6-7,18-22H2,1-2H3,(H,30,33). The molecule has 0 aromatic heterocycles. The van der Waals surface area contributed by atoms with Gasteiger partial charge in [0, 0.05) is 18.0 Å². The minimum absolute atomic E-state index is 0.158. The molecule has 0 atom stereocenters. The lowest BCUT2D eigenvalue weighted by Crippen LogP contribution is -2.40. The Kier molecular flexibility index (Phi) is 9.29. The van der Waals surface area contributed by atoms with Gasteiger partial charge in [0.1, 0.15) is 6.54 Å². The molecule has 0 bridgehead atoms. The van der Waals surface area contributed by atoms with Crippen molar-refractivity contribution in [3.63, 3.8) is 0 Å². The number of carbonyl (C=O) groups excluding carboxylic acids is 1. The Hall–Kier alpha value is -2.81. The van der Waals surface area contributed by atoms with Crippen LogP contribution in [-0.2, 0) is 27.9 Å².